The molecule has 17 heavy (non-hydrogen) atoms. The van der Waals surface area contributed by atoms with E-state index in [0.29, 0.717) is 6.42 Å². The standard InChI is InChI=1S/C13H12N2O2/c16-13(17)11-8-10(11)12-6-7-14-15(12)9-4-2-1-3-5-9/h1-7,10-11H,8H2,(H,16,17)/t10-,11+/m1/s1. The van der Waals surface area contributed by atoms with Gasteiger partial charge in [-0.15, -0.1) is 0 Å². The molecule has 1 fully saturated rings. The summed E-state index contributed by atoms with van der Waals surface area (Å²) in [7, 11) is 0. The van der Waals surface area contributed by atoms with Crippen molar-refractivity contribution in [3.63, 3.8) is 0 Å². The van der Waals surface area contributed by atoms with E-state index in [1.54, 1.807) is 6.20 Å². The Morgan fingerprint density at radius 2 is 2.06 bits per heavy atom. The Bertz CT molecular complexity index is 548. The van der Waals surface area contributed by atoms with Gasteiger partial charge in [-0.2, -0.15) is 5.10 Å². The number of para-hydroxylation sites is 1. The van der Waals surface area contributed by atoms with Gasteiger partial charge in [0.15, 0.2) is 0 Å². The van der Waals surface area contributed by atoms with Crippen LogP contribution in [-0.2, 0) is 4.79 Å². The Morgan fingerprint density at radius 3 is 2.71 bits per heavy atom. The number of carbonyl (C=O) groups is 1. The van der Waals surface area contributed by atoms with E-state index in [9.17, 15) is 4.79 Å². The normalized spacial score (nSPS) is 22.4. The van der Waals surface area contributed by atoms with Crippen molar-refractivity contribution in [3.8, 4) is 5.69 Å². The highest BCUT2D eigenvalue weighted by Gasteiger charge is 2.46. The third-order valence-electron chi connectivity index (χ3n) is 3.16. The monoisotopic (exact) mass is 228 g/mol. The Kier molecular flexibility index (Phi) is 2.21. The molecule has 1 aliphatic rings. The lowest BCUT2D eigenvalue weighted by Gasteiger charge is -2.06. The summed E-state index contributed by atoms with van der Waals surface area (Å²) in [5.41, 5.74) is 1.96. The second kappa shape index (κ2) is 3.73. The van der Waals surface area contributed by atoms with Crippen molar-refractivity contribution in [2.45, 2.75) is 12.3 Å². The van der Waals surface area contributed by atoms with Gasteiger partial charge in [0.05, 0.1) is 11.6 Å². The number of hydrogen-bond donors (Lipinski definition) is 1. The van der Waals surface area contributed by atoms with Gasteiger partial charge in [-0.1, -0.05) is 18.2 Å². The predicted molar refractivity (Wildman–Crippen MR) is 62.0 cm³/mol. The van der Waals surface area contributed by atoms with Crippen molar-refractivity contribution in [3.05, 3.63) is 48.3 Å². The Balaban J connectivity index is 1.94. The minimum absolute atomic E-state index is 0.107. The molecule has 2 atom stereocenters. The number of benzene rings is 1. The highest BCUT2D eigenvalue weighted by Crippen LogP contribution is 2.47. The number of carboxylic acid groups (broad SMARTS) is 1. The first-order chi connectivity index (χ1) is 8.27. The number of aromatic nitrogens is 2. The van der Waals surface area contributed by atoms with Crippen LogP contribution in [0.1, 0.15) is 18.0 Å². The number of aliphatic carboxylic acids is 1. The summed E-state index contributed by atoms with van der Waals surface area (Å²) < 4.78 is 1.83. The molecule has 2 aromatic rings. The Hall–Kier alpha value is -2.10. The topological polar surface area (TPSA) is 55.1 Å². The van der Waals surface area contributed by atoms with Crippen molar-refractivity contribution in [1.82, 2.24) is 9.78 Å². The smallest absolute Gasteiger partial charge is 0.307 e. The molecule has 4 heteroatoms. The van der Waals surface area contributed by atoms with Crippen LogP contribution in [0.5, 0.6) is 0 Å². The van der Waals surface area contributed by atoms with Crippen molar-refractivity contribution >= 4 is 5.97 Å². The van der Waals surface area contributed by atoms with Crippen LogP contribution in [0.15, 0.2) is 42.6 Å². The third-order valence-corrected chi connectivity index (χ3v) is 3.16. The molecule has 1 N–H and O–H groups in total. The molecule has 1 aliphatic carbocycles. The molecule has 1 heterocycles. The quantitative estimate of drug-likeness (QED) is 0.874. The number of rotatable bonds is 3. The van der Waals surface area contributed by atoms with E-state index in [0.717, 1.165) is 11.4 Å². The first-order valence-corrected chi connectivity index (χ1v) is 5.59. The van der Waals surface area contributed by atoms with Gasteiger partial charge >= 0.3 is 5.97 Å². The second-order valence-corrected chi connectivity index (χ2v) is 4.29. The maximum absolute atomic E-state index is 10.9. The Morgan fingerprint density at radius 1 is 1.29 bits per heavy atom. The van der Waals surface area contributed by atoms with Gasteiger partial charge in [0.25, 0.3) is 0 Å². The van der Waals surface area contributed by atoms with E-state index in [1.165, 1.54) is 0 Å². The molecule has 1 aromatic heterocycles. The number of hydrogen-bond acceptors (Lipinski definition) is 2. The van der Waals surface area contributed by atoms with Crippen LogP contribution in [0, 0.1) is 5.92 Å². The van der Waals surface area contributed by atoms with E-state index in [2.05, 4.69) is 5.10 Å². The molecule has 1 saturated carbocycles. The lowest BCUT2D eigenvalue weighted by molar-refractivity contribution is -0.138. The van der Waals surface area contributed by atoms with E-state index in [-0.39, 0.29) is 11.8 Å². The lowest BCUT2D eigenvalue weighted by atomic mass is 10.2. The minimum Gasteiger partial charge on any atom is -0.481 e. The molecule has 0 spiro atoms. The van der Waals surface area contributed by atoms with Crippen LogP contribution in [0.4, 0.5) is 0 Å². The summed E-state index contributed by atoms with van der Waals surface area (Å²) in [4.78, 5) is 10.9. The van der Waals surface area contributed by atoms with E-state index < -0.39 is 5.97 Å². The van der Waals surface area contributed by atoms with Crippen molar-refractivity contribution < 1.29 is 9.90 Å². The summed E-state index contributed by atoms with van der Waals surface area (Å²) in [6.07, 6.45) is 2.44. The largest absolute Gasteiger partial charge is 0.481 e. The molecule has 1 aromatic carbocycles. The summed E-state index contributed by atoms with van der Waals surface area (Å²) in [5, 5.41) is 13.2. The van der Waals surface area contributed by atoms with Gasteiger partial charge < -0.3 is 5.11 Å². The molecule has 0 unspecified atom stereocenters. The van der Waals surface area contributed by atoms with Gasteiger partial charge in [0.1, 0.15) is 0 Å². The third kappa shape index (κ3) is 1.71. The predicted octanol–water partition coefficient (Wildman–Crippen LogP) is 2.06. The molecule has 0 aliphatic heterocycles. The minimum atomic E-state index is -0.712. The van der Waals surface area contributed by atoms with Gasteiger partial charge in [-0.3, -0.25) is 4.79 Å². The van der Waals surface area contributed by atoms with Crippen molar-refractivity contribution in [1.29, 1.82) is 0 Å². The highest BCUT2D eigenvalue weighted by molar-refractivity contribution is 5.75. The highest BCUT2D eigenvalue weighted by atomic mass is 16.4. The molecule has 4 nitrogen and oxygen atoms in total. The van der Waals surface area contributed by atoms with Gasteiger partial charge in [0.2, 0.25) is 0 Å². The van der Waals surface area contributed by atoms with Crippen molar-refractivity contribution in [2.75, 3.05) is 0 Å². The Labute approximate surface area is 98.5 Å². The van der Waals surface area contributed by atoms with E-state index in [4.69, 9.17) is 5.11 Å². The van der Waals surface area contributed by atoms with Crippen LogP contribution < -0.4 is 0 Å². The second-order valence-electron chi connectivity index (χ2n) is 4.29. The SMILES string of the molecule is O=C(O)[C@H]1C[C@H]1c1ccnn1-c1ccccc1. The van der Waals surface area contributed by atoms with Crippen molar-refractivity contribution in [2.24, 2.45) is 5.92 Å². The fourth-order valence-corrected chi connectivity index (χ4v) is 2.17. The maximum Gasteiger partial charge on any atom is 0.307 e. The summed E-state index contributed by atoms with van der Waals surface area (Å²) in [6.45, 7) is 0. The summed E-state index contributed by atoms with van der Waals surface area (Å²) >= 11 is 0. The fourth-order valence-electron chi connectivity index (χ4n) is 2.17. The summed E-state index contributed by atoms with van der Waals surface area (Å²) in [6, 6.07) is 11.7. The zero-order chi connectivity index (χ0) is 11.8. The zero-order valence-corrected chi connectivity index (χ0v) is 9.15. The molecule has 0 saturated heterocycles. The van der Waals surface area contributed by atoms with Crippen LogP contribution in [0.25, 0.3) is 5.69 Å². The molecule has 0 bridgehead atoms. The first kappa shape index (κ1) is 10.1. The first-order valence-electron chi connectivity index (χ1n) is 5.59. The molecule has 0 amide bonds. The average Bonchev–Trinajstić information content (AvgIpc) is 3.00. The average molecular weight is 228 g/mol. The van der Waals surface area contributed by atoms with Crippen LogP contribution in [-0.4, -0.2) is 20.9 Å². The fraction of sp³-hybridized carbons (Fsp3) is 0.231. The molecular weight excluding hydrogens is 216 g/mol. The zero-order valence-electron chi connectivity index (χ0n) is 9.15. The molecular formula is C13H12N2O2. The van der Waals surface area contributed by atoms with Crippen LogP contribution in [0.2, 0.25) is 0 Å². The number of carboxylic acids is 1. The van der Waals surface area contributed by atoms with E-state index in [1.807, 2.05) is 41.1 Å². The van der Waals surface area contributed by atoms with Gasteiger partial charge in [-0.05, 0) is 24.6 Å². The van der Waals surface area contributed by atoms with Crippen LogP contribution >= 0.6 is 0 Å². The molecule has 86 valence electrons. The van der Waals surface area contributed by atoms with Gasteiger partial charge in [-0.25, -0.2) is 4.68 Å². The maximum atomic E-state index is 10.9. The molecule has 0 radical (unpaired) electrons. The van der Waals surface area contributed by atoms with E-state index >= 15 is 0 Å². The molecule has 3 rings (SSSR count). The van der Waals surface area contributed by atoms with Gasteiger partial charge in [0, 0.05) is 17.8 Å². The lowest BCUT2D eigenvalue weighted by Crippen LogP contribution is -2.04. The summed E-state index contributed by atoms with van der Waals surface area (Å²) in [5.74, 6) is -0.847. The van der Waals surface area contributed by atoms with Crippen LogP contribution in [0.3, 0.4) is 0 Å². The number of nitrogens with zero attached hydrogens (tertiary/aromatic N) is 2.